The predicted octanol–water partition coefficient (Wildman–Crippen LogP) is 5.10. The molecule has 1 N–H and O–H groups in total. The molecule has 0 spiro atoms. The first-order valence-corrected chi connectivity index (χ1v) is 13.7. The lowest BCUT2D eigenvalue weighted by molar-refractivity contribution is -0.384. The normalized spacial score (nSPS) is 11.6. The van der Waals surface area contributed by atoms with E-state index in [2.05, 4.69) is 14.9 Å². The molecule has 1 aromatic heterocycles. The number of rotatable bonds is 9. The third-order valence-electron chi connectivity index (χ3n) is 5.69. The van der Waals surface area contributed by atoms with E-state index in [1.165, 1.54) is 23.9 Å². The molecule has 0 radical (unpaired) electrons. The molecule has 0 aliphatic carbocycles. The molecule has 11 heteroatoms. The number of benzene rings is 4. The van der Waals surface area contributed by atoms with Gasteiger partial charge in [-0.25, -0.2) is 13.1 Å². The van der Waals surface area contributed by atoms with Gasteiger partial charge in [0.25, 0.3) is 5.69 Å². The summed E-state index contributed by atoms with van der Waals surface area (Å²) in [6, 6.07) is 28.2. The van der Waals surface area contributed by atoms with Crippen LogP contribution in [0.1, 0.15) is 11.4 Å². The molecule has 5 aromatic rings. The molecule has 0 atom stereocenters. The zero-order chi connectivity index (χ0) is 25.8. The molecule has 4 aromatic carbocycles. The summed E-state index contributed by atoms with van der Waals surface area (Å²) in [7, 11) is -3.88. The van der Waals surface area contributed by atoms with Crippen LogP contribution in [0.15, 0.2) is 107 Å². The highest BCUT2D eigenvalue weighted by molar-refractivity contribution is 7.98. The van der Waals surface area contributed by atoms with Crippen molar-refractivity contribution in [3.63, 3.8) is 0 Å². The highest BCUT2D eigenvalue weighted by Gasteiger charge is 2.21. The van der Waals surface area contributed by atoms with Gasteiger partial charge in [0.15, 0.2) is 11.0 Å². The standard InChI is InChI=1S/C26H21N5O4S2/c32-31(33)22-15-13-21(14-16-22)30-25(28-29-26(30)36-18-19-7-2-1-3-8-19)17-27-37(34,35)24-12-6-10-20-9-4-5-11-23(20)24/h1-16,27H,17-18H2. The molecule has 0 aliphatic heterocycles. The predicted molar refractivity (Wildman–Crippen MR) is 142 cm³/mol. The van der Waals surface area contributed by atoms with E-state index in [-0.39, 0.29) is 17.1 Å². The second-order valence-electron chi connectivity index (χ2n) is 8.08. The van der Waals surface area contributed by atoms with Crippen LogP contribution in [0.4, 0.5) is 5.69 Å². The third-order valence-corrected chi connectivity index (χ3v) is 8.15. The van der Waals surface area contributed by atoms with Crippen LogP contribution in [0, 0.1) is 10.1 Å². The van der Waals surface area contributed by atoms with Crippen LogP contribution >= 0.6 is 11.8 Å². The third kappa shape index (κ3) is 5.38. The van der Waals surface area contributed by atoms with E-state index >= 15 is 0 Å². The number of thioether (sulfide) groups is 1. The van der Waals surface area contributed by atoms with Gasteiger partial charge >= 0.3 is 0 Å². The Bertz CT molecular complexity index is 1670. The molecule has 0 amide bonds. The fourth-order valence-electron chi connectivity index (χ4n) is 3.88. The molecule has 37 heavy (non-hydrogen) atoms. The Hall–Kier alpha value is -4.06. The highest BCUT2D eigenvalue weighted by atomic mass is 32.2. The SMILES string of the molecule is O=[N+]([O-])c1ccc(-n2c(CNS(=O)(=O)c3cccc4ccccc34)nnc2SCc2ccccc2)cc1. The molecule has 0 unspecified atom stereocenters. The molecule has 0 aliphatic rings. The summed E-state index contributed by atoms with van der Waals surface area (Å²) < 4.78 is 30.9. The van der Waals surface area contributed by atoms with Crippen molar-refractivity contribution in [1.82, 2.24) is 19.5 Å². The summed E-state index contributed by atoms with van der Waals surface area (Å²) in [5.41, 5.74) is 1.63. The minimum atomic E-state index is -3.88. The fraction of sp³-hybridized carbons (Fsp3) is 0.0769. The number of hydrogen-bond donors (Lipinski definition) is 1. The quantitative estimate of drug-likeness (QED) is 0.160. The zero-order valence-electron chi connectivity index (χ0n) is 19.4. The van der Waals surface area contributed by atoms with E-state index in [1.807, 2.05) is 48.5 Å². The Balaban J connectivity index is 1.46. The van der Waals surface area contributed by atoms with Crippen molar-refractivity contribution in [2.24, 2.45) is 0 Å². The lowest BCUT2D eigenvalue weighted by atomic mass is 10.1. The van der Waals surface area contributed by atoms with Crippen molar-refractivity contribution < 1.29 is 13.3 Å². The number of nitro benzene ring substituents is 1. The van der Waals surface area contributed by atoms with Gasteiger partial charge in [-0.3, -0.25) is 14.7 Å². The van der Waals surface area contributed by atoms with Gasteiger partial charge in [-0.15, -0.1) is 10.2 Å². The first-order chi connectivity index (χ1) is 17.9. The van der Waals surface area contributed by atoms with Gasteiger partial charge in [-0.1, -0.05) is 78.5 Å². The van der Waals surface area contributed by atoms with Crippen molar-refractivity contribution in [1.29, 1.82) is 0 Å². The molecule has 0 saturated carbocycles. The first-order valence-electron chi connectivity index (χ1n) is 11.3. The van der Waals surface area contributed by atoms with E-state index in [0.717, 1.165) is 10.9 Å². The summed E-state index contributed by atoms with van der Waals surface area (Å²) in [5.74, 6) is 0.974. The second kappa shape index (κ2) is 10.5. The average molecular weight is 532 g/mol. The fourth-order valence-corrected chi connectivity index (χ4v) is 6.01. The highest BCUT2D eigenvalue weighted by Crippen LogP contribution is 2.27. The van der Waals surface area contributed by atoms with Gasteiger partial charge in [0, 0.05) is 29.0 Å². The summed E-state index contributed by atoms with van der Waals surface area (Å²) in [5, 5.41) is 21.7. The van der Waals surface area contributed by atoms with Crippen LogP contribution in [0.2, 0.25) is 0 Å². The van der Waals surface area contributed by atoms with E-state index in [4.69, 9.17) is 0 Å². The minimum Gasteiger partial charge on any atom is -0.273 e. The summed E-state index contributed by atoms with van der Waals surface area (Å²) in [6.45, 7) is -0.124. The van der Waals surface area contributed by atoms with E-state index in [9.17, 15) is 18.5 Å². The van der Waals surface area contributed by atoms with Crippen LogP contribution in [0.25, 0.3) is 16.5 Å². The van der Waals surface area contributed by atoms with Crippen molar-refractivity contribution in [3.05, 3.63) is 119 Å². The smallest absolute Gasteiger partial charge is 0.269 e. The maximum atomic E-state index is 13.3. The topological polar surface area (TPSA) is 120 Å². The second-order valence-corrected chi connectivity index (χ2v) is 10.8. The van der Waals surface area contributed by atoms with Crippen molar-refractivity contribution in [2.75, 3.05) is 0 Å². The zero-order valence-corrected chi connectivity index (χ0v) is 21.0. The Kier molecular flexibility index (Phi) is 6.99. The largest absolute Gasteiger partial charge is 0.273 e. The molecule has 0 fully saturated rings. The number of sulfonamides is 1. The maximum Gasteiger partial charge on any atom is 0.269 e. The molecule has 0 bridgehead atoms. The van der Waals surface area contributed by atoms with Crippen LogP contribution in [-0.2, 0) is 22.3 Å². The van der Waals surface area contributed by atoms with Crippen molar-refractivity contribution in [3.8, 4) is 5.69 Å². The van der Waals surface area contributed by atoms with Gasteiger partial charge < -0.3 is 0 Å². The first kappa shape index (κ1) is 24.6. The number of fused-ring (bicyclic) bond motifs is 1. The van der Waals surface area contributed by atoms with Gasteiger partial charge in [0.1, 0.15) is 0 Å². The van der Waals surface area contributed by atoms with E-state index < -0.39 is 14.9 Å². The summed E-state index contributed by atoms with van der Waals surface area (Å²) in [4.78, 5) is 10.8. The lowest BCUT2D eigenvalue weighted by Gasteiger charge is -2.12. The van der Waals surface area contributed by atoms with E-state index in [0.29, 0.717) is 27.8 Å². The van der Waals surface area contributed by atoms with Crippen LogP contribution in [0.5, 0.6) is 0 Å². The van der Waals surface area contributed by atoms with E-state index in [1.54, 1.807) is 41.0 Å². The van der Waals surface area contributed by atoms with Gasteiger partial charge in [-0.05, 0) is 29.1 Å². The van der Waals surface area contributed by atoms with Gasteiger partial charge in [-0.2, -0.15) is 0 Å². The Morgan fingerprint density at radius 1 is 0.865 bits per heavy atom. The number of aromatic nitrogens is 3. The number of non-ortho nitro benzene ring substituents is 1. The van der Waals surface area contributed by atoms with Gasteiger partial charge in [0.2, 0.25) is 10.0 Å². The monoisotopic (exact) mass is 531 g/mol. The lowest BCUT2D eigenvalue weighted by Crippen LogP contribution is -2.25. The van der Waals surface area contributed by atoms with Crippen molar-refractivity contribution >= 4 is 38.2 Å². The molecule has 186 valence electrons. The molecule has 5 rings (SSSR count). The van der Waals surface area contributed by atoms with Crippen LogP contribution in [-0.4, -0.2) is 28.1 Å². The summed E-state index contributed by atoms with van der Waals surface area (Å²) >= 11 is 1.44. The maximum absolute atomic E-state index is 13.3. The molecule has 1 heterocycles. The Morgan fingerprint density at radius 3 is 2.32 bits per heavy atom. The number of nitrogens with one attached hydrogen (secondary N) is 1. The number of nitrogens with zero attached hydrogens (tertiary/aromatic N) is 4. The molecular formula is C26H21N5O4S2. The Morgan fingerprint density at radius 2 is 1.57 bits per heavy atom. The minimum absolute atomic E-state index is 0.0477. The van der Waals surface area contributed by atoms with Crippen molar-refractivity contribution in [2.45, 2.75) is 22.3 Å². The number of nitro groups is 1. The number of hydrogen-bond acceptors (Lipinski definition) is 7. The van der Waals surface area contributed by atoms with Crippen LogP contribution in [0.3, 0.4) is 0 Å². The van der Waals surface area contributed by atoms with Crippen LogP contribution < -0.4 is 4.72 Å². The molecular weight excluding hydrogens is 510 g/mol. The molecule has 0 saturated heterocycles. The Labute approximate surface area is 217 Å². The summed E-state index contributed by atoms with van der Waals surface area (Å²) in [6.07, 6.45) is 0. The molecule has 9 nitrogen and oxygen atoms in total. The average Bonchev–Trinajstić information content (AvgIpc) is 3.34. The van der Waals surface area contributed by atoms with Gasteiger partial charge in [0.05, 0.1) is 16.4 Å².